The third kappa shape index (κ3) is 2.70. The molecule has 0 radical (unpaired) electrons. The fraction of sp³-hybridized carbons (Fsp3) is 0.235. The molecule has 0 N–H and O–H groups in total. The average molecular weight is 278 g/mol. The highest BCUT2D eigenvalue weighted by atomic mass is 15.3. The number of hydrogen-bond donors (Lipinski definition) is 0. The highest BCUT2D eigenvalue weighted by Crippen LogP contribution is 2.23. The SMILES string of the molecule is Cc1nn(-c2ccccc2)cc1-c1ccnc(C(C)C)n1. The lowest BCUT2D eigenvalue weighted by Gasteiger charge is -2.05. The molecule has 3 rings (SSSR count). The van der Waals surface area contributed by atoms with Gasteiger partial charge in [0.15, 0.2) is 0 Å². The number of aromatic nitrogens is 4. The molecule has 0 unspecified atom stereocenters. The Morgan fingerprint density at radius 1 is 1.05 bits per heavy atom. The van der Waals surface area contributed by atoms with Crippen molar-refractivity contribution < 1.29 is 0 Å². The van der Waals surface area contributed by atoms with E-state index in [9.17, 15) is 0 Å². The van der Waals surface area contributed by atoms with Crippen LogP contribution in [0.3, 0.4) is 0 Å². The third-order valence-corrected chi connectivity index (χ3v) is 3.39. The van der Waals surface area contributed by atoms with E-state index in [4.69, 9.17) is 0 Å². The highest BCUT2D eigenvalue weighted by Gasteiger charge is 2.11. The second-order valence-electron chi connectivity index (χ2n) is 5.36. The van der Waals surface area contributed by atoms with Crippen LogP contribution < -0.4 is 0 Å². The van der Waals surface area contributed by atoms with Gasteiger partial charge in [0, 0.05) is 23.9 Å². The molecule has 0 fully saturated rings. The van der Waals surface area contributed by atoms with Crippen LogP contribution in [0, 0.1) is 6.92 Å². The van der Waals surface area contributed by atoms with Crippen molar-refractivity contribution in [3.63, 3.8) is 0 Å². The minimum atomic E-state index is 0.314. The van der Waals surface area contributed by atoms with E-state index in [1.165, 1.54) is 0 Å². The number of aryl methyl sites for hydroxylation is 1. The molecule has 4 nitrogen and oxygen atoms in total. The standard InChI is InChI=1S/C17H18N4/c1-12(2)17-18-10-9-16(19-17)15-11-21(20-13(15)3)14-7-5-4-6-8-14/h4-12H,1-3H3. The van der Waals surface area contributed by atoms with Gasteiger partial charge in [-0.2, -0.15) is 5.10 Å². The Morgan fingerprint density at radius 3 is 2.52 bits per heavy atom. The lowest BCUT2D eigenvalue weighted by atomic mass is 10.1. The van der Waals surface area contributed by atoms with Gasteiger partial charge in [0.25, 0.3) is 0 Å². The van der Waals surface area contributed by atoms with Gasteiger partial charge < -0.3 is 0 Å². The maximum absolute atomic E-state index is 4.65. The molecule has 0 bridgehead atoms. The molecular formula is C17H18N4. The van der Waals surface area contributed by atoms with E-state index in [1.54, 1.807) is 0 Å². The van der Waals surface area contributed by atoms with Crippen LogP contribution in [0.15, 0.2) is 48.8 Å². The highest BCUT2D eigenvalue weighted by molar-refractivity contribution is 5.61. The number of rotatable bonds is 3. The molecule has 0 atom stereocenters. The van der Waals surface area contributed by atoms with Gasteiger partial charge in [0.05, 0.1) is 17.1 Å². The molecule has 0 aliphatic rings. The summed E-state index contributed by atoms with van der Waals surface area (Å²) in [6, 6.07) is 12.0. The van der Waals surface area contributed by atoms with Crippen molar-refractivity contribution in [3.8, 4) is 16.9 Å². The van der Waals surface area contributed by atoms with E-state index in [0.717, 1.165) is 28.5 Å². The van der Waals surface area contributed by atoms with Crippen molar-refractivity contribution in [3.05, 3.63) is 60.3 Å². The third-order valence-electron chi connectivity index (χ3n) is 3.39. The largest absolute Gasteiger partial charge is 0.241 e. The van der Waals surface area contributed by atoms with Crippen molar-refractivity contribution in [2.75, 3.05) is 0 Å². The second-order valence-corrected chi connectivity index (χ2v) is 5.36. The zero-order valence-corrected chi connectivity index (χ0v) is 12.5. The van der Waals surface area contributed by atoms with Crippen LogP contribution in [0.2, 0.25) is 0 Å². The lowest BCUT2D eigenvalue weighted by Crippen LogP contribution is -1.98. The van der Waals surface area contributed by atoms with Crippen LogP contribution in [0.25, 0.3) is 16.9 Å². The van der Waals surface area contributed by atoms with Crippen molar-refractivity contribution in [2.24, 2.45) is 0 Å². The summed E-state index contributed by atoms with van der Waals surface area (Å²) in [5.41, 5.74) is 3.98. The number of para-hydroxylation sites is 1. The summed E-state index contributed by atoms with van der Waals surface area (Å²) in [7, 11) is 0. The summed E-state index contributed by atoms with van der Waals surface area (Å²) in [4.78, 5) is 8.97. The summed E-state index contributed by atoms with van der Waals surface area (Å²) in [5.74, 6) is 1.17. The minimum absolute atomic E-state index is 0.314. The average Bonchev–Trinajstić information content (AvgIpc) is 2.90. The van der Waals surface area contributed by atoms with Gasteiger partial charge in [-0.3, -0.25) is 0 Å². The molecular weight excluding hydrogens is 260 g/mol. The van der Waals surface area contributed by atoms with Crippen LogP contribution in [-0.2, 0) is 0 Å². The predicted molar refractivity (Wildman–Crippen MR) is 83.4 cm³/mol. The zero-order valence-electron chi connectivity index (χ0n) is 12.5. The maximum Gasteiger partial charge on any atom is 0.131 e. The molecule has 0 spiro atoms. The van der Waals surface area contributed by atoms with Crippen molar-refractivity contribution in [1.29, 1.82) is 0 Å². The first-order valence-corrected chi connectivity index (χ1v) is 7.10. The molecule has 106 valence electrons. The predicted octanol–water partition coefficient (Wildman–Crippen LogP) is 3.76. The lowest BCUT2D eigenvalue weighted by molar-refractivity contribution is 0.776. The van der Waals surface area contributed by atoms with E-state index >= 15 is 0 Å². The van der Waals surface area contributed by atoms with Gasteiger partial charge >= 0.3 is 0 Å². The van der Waals surface area contributed by atoms with Crippen LogP contribution >= 0.6 is 0 Å². The van der Waals surface area contributed by atoms with Gasteiger partial charge in [-0.05, 0) is 25.1 Å². The first-order valence-electron chi connectivity index (χ1n) is 7.10. The summed E-state index contributed by atoms with van der Waals surface area (Å²) in [6.45, 7) is 6.20. The molecule has 0 saturated heterocycles. The van der Waals surface area contributed by atoms with E-state index in [0.29, 0.717) is 5.92 Å². The molecule has 1 aromatic carbocycles. The molecule has 2 heterocycles. The zero-order chi connectivity index (χ0) is 14.8. The van der Waals surface area contributed by atoms with Crippen LogP contribution in [0.1, 0.15) is 31.3 Å². The molecule has 0 aliphatic heterocycles. The summed E-state index contributed by atoms with van der Waals surface area (Å²) >= 11 is 0. The van der Waals surface area contributed by atoms with Crippen molar-refractivity contribution in [1.82, 2.24) is 19.7 Å². The molecule has 0 aliphatic carbocycles. The van der Waals surface area contributed by atoms with E-state index in [-0.39, 0.29) is 0 Å². The fourth-order valence-corrected chi connectivity index (χ4v) is 2.23. The van der Waals surface area contributed by atoms with Crippen LogP contribution in [-0.4, -0.2) is 19.7 Å². The summed E-state index contributed by atoms with van der Waals surface area (Å²) in [6.07, 6.45) is 3.84. The summed E-state index contributed by atoms with van der Waals surface area (Å²) < 4.78 is 1.89. The van der Waals surface area contributed by atoms with Gasteiger partial charge in [-0.15, -0.1) is 0 Å². The first-order chi connectivity index (χ1) is 10.1. The smallest absolute Gasteiger partial charge is 0.131 e. The van der Waals surface area contributed by atoms with E-state index < -0.39 is 0 Å². The Labute approximate surface area is 124 Å². The Hall–Kier alpha value is -2.49. The topological polar surface area (TPSA) is 43.6 Å². The minimum Gasteiger partial charge on any atom is -0.241 e. The molecule has 3 aromatic rings. The van der Waals surface area contributed by atoms with E-state index in [2.05, 4.69) is 28.9 Å². The van der Waals surface area contributed by atoms with Gasteiger partial charge in [0.2, 0.25) is 0 Å². The normalized spacial score (nSPS) is 11.0. The number of nitrogens with zero attached hydrogens (tertiary/aromatic N) is 4. The molecule has 0 saturated carbocycles. The maximum atomic E-state index is 4.65. The van der Waals surface area contributed by atoms with Crippen molar-refractivity contribution in [2.45, 2.75) is 26.7 Å². The Kier molecular flexibility index (Phi) is 3.52. The Balaban J connectivity index is 2.04. The Morgan fingerprint density at radius 2 is 1.81 bits per heavy atom. The first kappa shape index (κ1) is 13.5. The number of benzene rings is 1. The van der Waals surface area contributed by atoms with Gasteiger partial charge in [-0.1, -0.05) is 32.0 Å². The number of hydrogen-bond acceptors (Lipinski definition) is 3. The molecule has 21 heavy (non-hydrogen) atoms. The fourth-order valence-electron chi connectivity index (χ4n) is 2.23. The molecule has 2 aromatic heterocycles. The van der Waals surface area contributed by atoms with Crippen LogP contribution in [0.5, 0.6) is 0 Å². The van der Waals surface area contributed by atoms with Gasteiger partial charge in [0.1, 0.15) is 5.82 Å². The monoisotopic (exact) mass is 278 g/mol. The Bertz CT molecular complexity index is 744. The van der Waals surface area contributed by atoms with Crippen molar-refractivity contribution >= 4 is 0 Å². The molecule has 0 amide bonds. The quantitative estimate of drug-likeness (QED) is 0.732. The second kappa shape index (κ2) is 5.48. The summed E-state index contributed by atoms with van der Waals surface area (Å²) in [5, 5.41) is 4.59. The van der Waals surface area contributed by atoms with Gasteiger partial charge in [-0.25, -0.2) is 14.6 Å². The molecule has 4 heteroatoms. The van der Waals surface area contributed by atoms with Crippen LogP contribution in [0.4, 0.5) is 0 Å². The van der Waals surface area contributed by atoms with E-state index in [1.807, 2.05) is 60.4 Å².